The molecule has 1 fully saturated rings. The zero-order valence-corrected chi connectivity index (χ0v) is 14.2. The SMILES string of the molecule is C[C@@H](Oc1ccc(C#N)cc1Cl)C(=O)NC(=O)NC1CCCCC1. The van der Waals surface area contributed by atoms with Gasteiger partial charge in [-0.15, -0.1) is 0 Å². The van der Waals surface area contributed by atoms with E-state index in [9.17, 15) is 9.59 Å². The summed E-state index contributed by atoms with van der Waals surface area (Å²) in [5, 5.41) is 14.1. The second-order valence-electron chi connectivity index (χ2n) is 5.81. The molecule has 0 spiro atoms. The number of carbonyl (C=O) groups excluding carboxylic acids is 2. The average molecular weight is 350 g/mol. The molecule has 0 aromatic heterocycles. The van der Waals surface area contributed by atoms with Crippen LogP contribution in [-0.2, 0) is 4.79 Å². The summed E-state index contributed by atoms with van der Waals surface area (Å²) in [4.78, 5) is 23.9. The van der Waals surface area contributed by atoms with Gasteiger partial charge in [0.2, 0.25) is 0 Å². The summed E-state index contributed by atoms with van der Waals surface area (Å²) >= 11 is 6.00. The van der Waals surface area contributed by atoms with E-state index in [2.05, 4.69) is 10.6 Å². The van der Waals surface area contributed by atoms with Gasteiger partial charge in [0.1, 0.15) is 5.75 Å². The molecule has 1 aliphatic rings. The Morgan fingerprint density at radius 1 is 1.33 bits per heavy atom. The predicted molar refractivity (Wildman–Crippen MR) is 89.8 cm³/mol. The normalized spacial score (nSPS) is 15.9. The first-order chi connectivity index (χ1) is 11.5. The van der Waals surface area contributed by atoms with Gasteiger partial charge in [-0.25, -0.2) is 4.79 Å². The van der Waals surface area contributed by atoms with Crippen molar-refractivity contribution in [2.45, 2.75) is 51.2 Å². The predicted octanol–water partition coefficient (Wildman–Crippen LogP) is 3.14. The lowest BCUT2D eigenvalue weighted by Crippen LogP contribution is -2.48. The zero-order chi connectivity index (χ0) is 17.5. The van der Waals surface area contributed by atoms with Gasteiger partial charge < -0.3 is 10.1 Å². The molecule has 1 aromatic rings. The lowest BCUT2D eigenvalue weighted by Gasteiger charge is -2.23. The highest BCUT2D eigenvalue weighted by molar-refractivity contribution is 6.32. The van der Waals surface area contributed by atoms with Crippen LogP contribution in [-0.4, -0.2) is 24.1 Å². The number of nitrogens with zero attached hydrogens (tertiary/aromatic N) is 1. The maximum absolute atomic E-state index is 12.0. The van der Waals surface area contributed by atoms with Crippen LogP contribution in [0.5, 0.6) is 5.75 Å². The number of hydrogen-bond acceptors (Lipinski definition) is 4. The molecule has 1 aliphatic carbocycles. The molecular weight excluding hydrogens is 330 g/mol. The van der Waals surface area contributed by atoms with Crippen molar-refractivity contribution >= 4 is 23.5 Å². The highest BCUT2D eigenvalue weighted by atomic mass is 35.5. The average Bonchev–Trinajstić information content (AvgIpc) is 2.57. The monoisotopic (exact) mass is 349 g/mol. The molecule has 0 aliphatic heterocycles. The van der Waals surface area contributed by atoms with Crippen LogP contribution in [0.4, 0.5) is 4.79 Å². The Kier molecular flexibility index (Phi) is 6.44. The fourth-order valence-electron chi connectivity index (χ4n) is 2.59. The molecule has 0 bridgehead atoms. The number of hydrogen-bond donors (Lipinski definition) is 2. The molecule has 0 heterocycles. The summed E-state index contributed by atoms with van der Waals surface area (Å²) in [5.41, 5.74) is 0.399. The minimum atomic E-state index is -0.896. The van der Waals surface area contributed by atoms with Crippen molar-refractivity contribution in [3.8, 4) is 11.8 Å². The summed E-state index contributed by atoms with van der Waals surface area (Å²) < 4.78 is 5.46. The Morgan fingerprint density at radius 3 is 2.67 bits per heavy atom. The van der Waals surface area contributed by atoms with E-state index in [-0.39, 0.29) is 16.8 Å². The van der Waals surface area contributed by atoms with Gasteiger partial charge in [-0.05, 0) is 38.0 Å². The number of nitriles is 1. The summed E-state index contributed by atoms with van der Waals surface area (Å²) in [6, 6.07) is 6.10. The highest BCUT2D eigenvalue weighted by Crippen LogP contribution is 2.26. The van der Waals surface area contributed by atoms with Crippen LogP contribution in [0.3, 0.4) is 0 Å². The van der Waals surface area contributed by atoms with Gasteiger partial charge >= 0.3 is 6.03 Å². The Labute approximate surface area is 146 Å². The summed E-state index contributed by atoms with van der Waals surface area (Å²) in [6.45, 7) is 1.53. The van der Waals surface area contributed by atoms with Crippen molar-refractivity contribution in [3.63, 3.8) is 0 Å². The van der Waals surface area contributed by atoms with E-state index in [0.717, 1.165) is 25.7 Å². The number of urea groups is 1. The first kappa shape index (κ1) is 18.1. The number of amides is 3. The van der Waals surface area contributed by atoms with Crippen LogP contribution in [0, 0.1) is 11.3 Å². The molecular formula is C17H20ClN3O3. The minimum Gasteiger partial charge on any atom is -0.479 e. The van der Waals surface area contributed by atoms with Crippen molar-refractivity contribution in [1.82, 2.24) is 10.6 Å². The van der Waals surface area contributed by atoms with Crippen LogP contribution in [0.25, 0.3) is 0 Å². The topological polar surface area (TPSA) is 91.2 Å². The van der Waals surface area contributed by atoms with Crippen LogP contribution in [0.2, 0.25) is 5.02 Å². The third-order valence-corrected chi connectivity index (χ3v) is 4.21. The molecule has 1 aromatic carbocycles. The zero-order valence-electron chi connectivity index (χ0n) is 13.5. The highest BCUT2D eigenvalue weighted by Gasteiger charge is 2.21. The van der Waals surface area contributed by atoms with Crippen molar-refractivity contribution in [1.29, 1.82) is 5.26 Å². The van der Waals surface area contributed by atoms with Gasteiger partial charge in [0, 0.05) is 6.04 Å². The van der Waals surface area contributed by atoms with Crippen molar-refractivity contribution < 1.29 is 14.3 Å². The first-order valence-electron chi connectivity index (χ1n) is 7.97. The third-order valence-electron chi connectivity index (χ3n) is 3.91. The van der Waals surface area contributed by atoms with E-state index in [1.165, 1.54) is 25.5 Å². The van der Waals surface area contributed by atoms with E-state index >= 15 is 0 Å². The number of rotatable bonds is 4. The van der Waals surface area contributed by atoms with Gasteiger partial charge in [-0.2, -0.15) is 5.26 Å². The molecule has 128 valence electrons. The fourth-order valence-corrected chi connectivity index (χ4v) is 2.82. The van der Waals surface area contributed by atoms with Crippen LogP contribution in [0.15, 0.2) is 18.2 Å². The molecule has 3 amide bonds. The van der Waals surface area contributed by atoms with Gasteiger partial charge in [-0.3, -0.25) is 10.1 Å². The standard InChI is InChI=1S/C17H20ClN3O3/c1-11(24-15-8-7-12(10-19)9-14(15)18)16(22)21-17(23)20-13-5-3-2-4-6-13/h7-9,11,13H,2-6H2,1H3,(H2,20,21,22,23)/t11-/m1/s1. The van der Waals surface area contributed by atoms with E-state index in [1.54, 1.807) is 6.07 Å². The Bertz CT molecular complexity index is 651. The van der Waals surface area contributed by atoms with E-state index < -0.39 is 18.0 Å². The Balaban J connectivity index is 1.85. The lowest BCUT2D eigenvalue weighted by molar-refractivity contribution is -0.126. The van der Waals surface area contributed by atoms with Crippen LogP contribution < -0.4 is 15.4 Å². The Hall–Kier alpha value is -2.26. The summed E-state index contributed by atoms with van der Waals surface area (Å²) in [6.07, 6.45) is 4.36. The van der Waals surface area contributed by atoms with Gasteiger partial charge in [0.25, 0.3) is 5.91 Å². The molecule has 0 unspecified atom stereocenters. The van der Waals surface area contributed by atoms with Crippen molar-refractivity contribution in [2.75, 3.05) is 0 Å². The van der Waals surface area contributed by atoms with Crippen LogP contribution >= 0.6 is 11.6 Å². The number of imide groups is 1. The largest absolute Gasteiger partial charge is 0.479 e. The van der Waals surface area contributed by atoms with Gasteiger partial charge in [-0.1, -0.05) is 30.9 Å². The molecule has 2 N–H and O–H groups in total. The second kappa shape index (κ2) is 8.55. The number of halogens is 1. The summed E-state index contributed by atoms with van der Waals surface area (Å²) in [7, 11) is 0. The van der Waals surface area contributed by atoms with Crippen molar-refractivity contribution in [2.24, 2.45) is 0 Å². The molecule has 0 saturated heterocycles. The van der Waals surface area contributed by atoms with Crippen molar-refractivity contribution in [3.05, 3.63) is 28.8 Å². The Morgan fingerprint density at radius 2 is 2.04 bits per heavy atom. The molecule has 2 rings (SSSR count). The quantitative estimate of drug-likeness (QED) is 0.873. The maximum Gasteiger partial charge on any atom is 0.321 e. The van der Waals surface area contributed by atoms with Gasteiger partial charge in [0.15, 0.2) is 6.10 Å². The number of benzene rings is 1. The van der Waals surface area contributed by atoms with Gasteiger partial charge in [0.05, 0.1) is 16.7 Å². The van der Waals surface area contributed by atoms with E-state index in [4.69, 9.17) is 21.6 Å². The molecule has 0 radical (unpaired) electrons. The van der Waals surface area contributed by atoms with E-state index in [1.807, 2.05) is 6.07 Å². The molecule has 6 nitrogen and oxygen atoms in total. The maximum atomic E-state index is 12.0. The third kappa shape index (κ3) is 5.14. The molecule has 7 heteroatoms. The number of carbonyl (C=O) groups is 2. The second-order valence-corrected chi connectivity index (χ2v) is 6.22. The molecule has 24 heavy (non-hydrogen) atoms. The smallest absolute Gasteiger partial charge is 0.321 e. The fraction of sp³-hybridized carbons (Fsp3) is 0.471. The molecule has 1 saturated carbocycles. The van der Waals surface area contributed by atoms with Crippen LogP contribution in [0.1, 0.15) is 44.6 Å². The number of nitrogens with one attached hydrogen (secondary N) is 2. The molecule has 1 atom stereocenters. The number of ether oxygens (including phenoxy) is 1. The minimum absolute atomic E-state index is 0.121. The first-order valence-corrected chi connectivity index (χ1v) is 8.35. The lowest BCUT2D eigenvalue weighted by atomic mass is 9.96. The van der Waals surface area contributed by atoms with E-state index in [0.29, 0.717) is 5.56 Å². The summed E-state index contributed by atoms with van der Waals surface area (Å²) in [5.74, 6) is -0.269.